The first-order chi connectivity index (χ1) is 26.5. The van der Waals surface area contributed by atoms with E-state index in [1.165, 1.54) is 0 Å². The third kappa shape index (κ3) is 4.09. The molecule has 1 aromatic heterocycles. The molecule has 0 unspecified atom stereocenters. The third-order valence-electron chi connectivity index (χ3n) is 8.43. The topological polar surface area (TPSA) is 13.1 Å². The minimum Gasteiger partial charge on any atom is -0.455 e. The van der Waals surface area contributed by atoms with Gasteiger partial charge in [-0.05, 0) is 55.4 Å². The average molecular weight is 583 g/mol. The first kappa shape index (κ1) is 17.4. The van der Waals surface area contributed by atoms with Crippen LogP contribution in [-0.4, -0.2) is 0 Å². The molecule has 0 bridgehead atoms. The van der Waals surface area contributed by atoms with Gasteiger partial charge in [0.25, 0.3) is 0 Å². The standard InChI is InChI=1S/C44H28O/c1-3-14-29(15-4-1)31-18-11-19-32(28-31)41-34-20-7-9-22-36(34)42(37-23-10-8-21-35(37)41)40-27-13-26-39-38-25-12-24-33(43(38)45-44(39)40)30-16-5-2-6-17-30/h1-28H/i1D,2D,3D,4D,5D,6D,14D,15D,16D,17D. The molecular formula is C44H28O. The summed E-state index contributed by atoms with van der Waals surface area (Å²) in [6.45, 7) is 0. The van der Waals surface area contributed by atoms with Crippen LogP contribution >= 0.6 is 0 Å². The number of benzene rings is 8. The van der Waals surface area contributed by atoms with Crippen LogP contribution < -0.4 is 0 Å². The van der Waals surface area contributed by atoms with Gasteiger partial charge < -0.3 is 4.42 Å². The van der Waals surface area contributed by atoms with Crippen LogP contribution in [0.15, 0.2) is 174 Å². The van der Waals surface area contributed by atoms with Crippen LogP contribution in [0, 0.1) is 0 Å². The molecule has 0 aliphatic heterocycles. The summed E-state index contributed by atoms with van der Waals surface area (Å²) in [4.78, 5) is 0. The van der Waals surface area contributed by atoms with Crippen LogP contribution in [0.3, 0.4) is 0 Å². The Morgan fingerprint density at radius 1 is 0.356 bits per heavy atom. The van der Waals surface area contributed by atoms with E-state index in [-0.39, 0.29) is 47.4 Å². The highest BCUT2D eigenvalue weighted by Gasteiger charge is 2.21. The first-order valence-corrected chi connectivity index (χ1v) is 14.6. The van der Waals surface area contributed by atoms with Crippen molar-refractivity contribution >= 4 is 43.5 Å². The molecule has 0 saturated heterocycles. The number of rotatable bonds is 4. The number of hydrogen-bond donors (Lipinski definition) is 0. The number of hydrogen-bond acceptors (Lipinski definition) is 1. The molecule has 0 radical (unpaired) electrons. The Balaban J connectivity index is 1.33. The highest BCUT2D eigenvalue weighted by molar-refractivity contribution is 6.24. The van der Waals surface area contributed by atoms with E-state index in [1.54, 1.807) is 18.2 Å². The summed E-state index contributed by atoms with van der Waals surface area (Å²) in [5.41, 5.74) is 5.59. The molecule has 45 heavy (non-hydrogen) atoms. The fourth-order valence-corrected chi connectivity index (χ4v) is 6.55. The minimum atomic E-state index is -0.458. The summed E-state index contributed by atoms with van der Waals surface area (Å²) < 4.78 is 90.7. The molecule has 0 saturated carbocycles. The zero-order valence-electron chi connectivity index (χ0n) is 33.8. The molecule has 9 aromatic rings. The van der Waals surface area contributed by atoms with Crippen LogP contribution in [-0.2, 0) is 0 Å². The highest BCUT2D eigenvalue weighted by atomic mass is 16.3. The Bertz CT molecular complexity index is 3000. The lowest BCUT2D eigenvalue weighted by molar-refractivity contribution is 0.671. The van der Waals surface area contributed by atoms with Gasteiger partial charge in [-0.15, -0.1) is 0 Å². The van der Waals surface area contributed by atoms with Crippen molar-refractivity contribution < 1.29 is 18.1 Å². The second kappa shape index (κ2) is 10.4. The second-order valence-corrected chi connectivity index (χ2v) is 10.9. The van der Waals surface area contributed by atoms with Gasteiger partial charge in [-0.2, -0.15) is 0 Å². The van der Waals surface area contributed by atoms with E-state index in [0.717, 1.165) is 54.6 Å². The van der Waals surface area contributed by atoms with E-state index in [0.29, 0.717) is 22.3 Å². The van der Waals surface area contributed by atoms with Crippen LogP contribution in [0.4, 0.5) is 0 Å². The molecule has 8 aromatic carbocycles. The molecule has 0 amide bonds. The predicted octanol–water partition coefficient (Wildman–Crippen LogP) is 12.6. The summed E-state index contributed by atoms with van der Waals surface area (Å²) in [5, 5.41) is 5.29. The van der Waals surface area contributed by atoms with Crippen molar-refractivity contribution in [1.29, 1.82) is 0 Å². The molecule has 0 N–H and O–H groups in total. The molecule has 0 aliphatic rings. The fourth-order valence-electron chi connectivity index (χ4n) is 6.55. The Morgan fingerprint density at radius 2 is 0.822 bits per heavy atom. The van der Waals surface area contributed by atoms with Crippen molar-refractivity contribution in [2.75, 3.05) is 0 Å². The molecule has 9 rings (SSSR count). The predicted molar refractivity (Wildman–Crippen MR) is 190 cm³/mol. The van der Waals surface area contributed by atoms with Crippen molar-refractivity contribution in [3.05, 3.63) is 170 Å². The van der Waals surface area contributed by atoms with Crippen LogP contribution in [0.2, 0.25) is 0 Å². The van der Waals surface area contributed by atoms with E-state index >= 15 is 0 Å². The quantitative estimate of drug-likeness (QED) is 0.188. The molecule has 210 valence electrons. The summed E-state index contributed by atoms with van der Waals surface area (Å²) in [7, 11) is 0. The van der Waals surface area contributed by atoms with Crippen LogP contribution in [0.5, 0.6) is 0 Å². The van der Waals surface area contributed by atoms with Crippen molar-refractivity contribution in [1.82, 2.24) is 0 Å². The van der Waals surface area contributed by atoms with E-state index in [2.05, 4.69) is 12.1 Å². The van der Waals surface area contributed by atoms with Gasteiger partial charge in [0.1, 0.15) is 11.2 Å². The first-order valence-electron chi connectivity index (χ1n) is 19.6. The average Bonchev–Trinajstić information content (AvgIpc) is 3.60. The molecule has 0 fully saturated rings. The maximum absolute atomic E-state index is 8.68. The van der Waals surface area contributed by atoms with Crippen molar-refractivity contribution in [3.63, 3.8) is 0 Å². The van der Waals surface area contributed by atoms with E-state index < -0.39 is 24.2 Å². The van der Waals surface area contributed by atoms with Crippen molar-refractivity contribution in [3.8, 4) is 44.5 Å². The van der Waals surface area contributed by atoms with Gasteiger partial charge >= 0.3 is 0 Å². The Morgan fingerprint density at radius 3 is 1.44 bits per heavy atom. The lowest BCUT2D eigenvalue weighted by atomic mass is 9.85. The normalized spacial score (nSPS) is 14.7. The van der Waals surface area contributed by atoms with E-state index in [1.807, 2.05) is 78.9 Å². The smallest absolute Gasteiger partial charge is 0.143 e. The second-order valence-electron chi connectivity index (χ2n) is 10.9. The fraction of sp³-hybridized carbons (Fsp3) is 0. The molecule has 0 atom stereocenters. The van der Waals surface area contributed by atoms with Gasteiger partial charge in [0, 0.05) is 27.5 Å². The van der Waals surface area contributed by atoms with Gasteiger partial charge in [-0.1, -0.05) is 164 Å². The van der Waals surface area contributed by atoms with Gasteiger partial charge in [-0.25, -0.2) is 0 Å². The van der Waals surface area contributed by atoms with E-state index in [9.17, 15) is 0 Å². The minimum absolute atomic E-state index is 0.0725. The third-order valence-corrected chi connectivity index (χ3v) is 8.43. The van der Waals surface area contributed by atoms with Gasteiger partial charge in [0.05, 0.1) is 13.7 Å². The molecule has 0 spiro atoms. The van der Waals surface area contributed by atoms with Crippen LogP contribution in [0.1, 0.15) is 13.7 Å². The molecule has 1 nitrogen and oxygen atoms in total. The zero-order chi connectivity index (χ0) is 38.4. The van der Waals surface area contributed by atoms with Gasteiger partial charge in [-0.3, -0.25) is 0 Å². The monoisotopic (exact) mass is 582 g/mol. The lowest BCUT2D eigenvalue weighted by Crippen LogP contribution is -1.91. The Kier molecular flexibility index (Phi) is 4.01. The highest BCUT2D eigenvalue weighted by Crippen LogP contribution is 2.47. The van der Waals surface area contributed by atoms with Gasteiger partial charge in [0.2, 0.25) is 0 Å². The van der Waals surface area contributed by atoms with E-state index in [4.69, 9.17) is 18.1 Å². The maximum Gasteiger partial charge on any atom is 0.143 e. The van der Waals surface area contributed by atoms with Crippen molar-refractivity contribution in [2.45, 2.75) is 0 Å². The Labute approximate surface area is 275 Å². The lowest BCUT2D eigenvalue weighted by Gasteiger charge is -2.18. The summed E-state index contributed by atoms with van der Waals surface area (Å²) in [5.74, 6) is 0. The maximum atomic E-state index is 8.68. The van der Waals surface area contributed by atoms with Gasteiger partial charge in [0.15, 0.2) is 0 Å². The number of furan rings is 1. The molecule has 1 heteroatoms. The molecule has 0 aliphatic carbocycles. The Hall–Kier alpha value is -5.92. The zero-order valence-corrected chi connectivity index (χ0v) is 23.8. The summed E-state index contributed by atoms with van der Waals surface area (Å²) >= 11 is 0. The molecule has 1 heterocycles. The SMILES string of the molecule is [2H]c1c([2H])c([2H])c(-c2cccc(-c3c4ccccc4c(-c4cccc5c4oc4c(-c6c([2H])c([2H])c([2H])c([2H])c6[2H])cccc45)c4ccccc34)c2)c([2H])c1[2H]. The summed E-state index contributed by atoms with van der Waals surface area (Å²) in [6.07, 6.45) is 0. The number of fused-ring (bicyclic) bond motifs is 5. The number of para-hydroxylation sites is 2. The van der Waals surface area contributed by atoms with Crippen LogP contribution in [0.25, 0.3) is 88.0 Å². The summed E-state index contributed by atoms with van der Waals surface area (Å²) in [6, 6.07) is 31.3. The van der Waals surface area contributed by atoms with Crippen molar-refractivity contribution in [2.24, 2.45) is 0 Å². The largest absolute Gasteiger partial charge is 0.455 e. The molecular weight excluding hydrogens is 544 g/mol.